The van der Waals surface area contributed by atoms with E-state index in [0.29, 0.717) is 6.42 Å². The number of ether oxygens (including phenoxy) is 1. The Balaban J connectivity index is 2.39. The van der Waals surface area contributed by atoms with Crippen molar-refractivity contribution in [2.24, 2.45) is 0 Å². The second-order valence-corrected chi connectivity index (χ2v) is 2.08. The van der Waals surface area contributed by atoms with Crippen LogP contribution in [0.3, 0.4) is 0 Å². The van der Waals surface area contributed by atoms with Crippen molar-refractivity contribution in [1.82, 2.24) is 0 Å². The van der Waals surface area contributed by atoms with Gasteiger partial charge in [-0.05, 0) is 13.3 Å². The Morgan fingerprint density at radius 3 is 2.88 bits per heavy atom. The van der Waals surface area contributed by atoms with Gasteiger partial charge in [-0.1, -0.05) is 0 Å². The van der Waals surface area contributed by atoms with E-state index in [2.05, 4.69) is 0 Å². The summed E-state index contributed by atoms with van der Waals surface area (Å²) in [6.07, 6.45) is 1.48. The molecule has 2 heteroatoms. The molecule has 0 unspecified atom stereocenters. The minimum Gasteiger partial charge on any atom is -0.371 e. The summed E-state index contributed by atoms with van der Waals surface area (Å²) in [5.41, 5.74) is 0. The number of hydrogen-bond donors (Lipinski definition) is 0. The van der Waals surface area contributed by atoms with Crippen LogP contribution in [0.2, 0.25) is 0 Å². The van der Waals surface area contributed by atoms with Crippen molar-refractivity contribution >= 4 is 5.78 Å². The van der Waals surface area contributed by atoms with E-state index in [9.17, 15) is 4.79 Å². The summed E-state index contributed by atoms with van der Waals surface area (Å²) in [6, 6.07) is 0. The van der Waals surface area contributed by atoms with Gasteiger partial charge in [0.25, 0.3) is 0 Å². The van der Waals surface area contributed by atoms with E-state index in [1.165, 1.54) is 0 Å². The van der Waals surface area contributed by atoms with Gasteiger partial charge < -0.3 is 4.74 Å². The first kappa shape index (κ1) is 5.76. The minimum atomic E-state index is -0.135. The molecular formula is C6H10O2. The monoisotopic (exact) mass is 114 g/mol. The van der Waals surface area contributed by atoms with Crippen LogP contribution in [-0.2, 0) is 9.53 Å². The lowest BCUT2D eigenvalue weighted by atomic mass is 10.1. The fourth-order valence-corrected chi connectivity index (χ4v) is 0.803. The SMILES string of the molecule is C[C@H]1OCCCC1=O. The van der Waals surface area contributed by atoms with Crippen LogP contribution in [0.15, 0.2) is 0 Å². The molecule has 1 rings (SSSR count). The molecule has 0 radical (unpaired) electrons. The molecule has 2 nitrogen and oxygen atoms in total. The predicted molar refractivity (Wildman–Crippen MR) is 29.7 cm³/mol. The van der Waals surface area contributed by atoms with Crippen LogP contribution in [0.5, 0.6) is 0 Å². The molecule has 1 heterocycles. The highest BCUT2D eigenvalue weighted by Crippen LogP contribution is 2.06. The lowest BCUT2D eigenvalue weighted by Crippen LogP contribution is -2.26. The molecule has 0 aliphatic carbocycles. The zero-order valence-corrected chi connectivity index (χ0v) is 5.02. The summed E-state index contributed by atoms with van der Waals surface area (Å²) < 4.78 is 5.04. The van der Waals surface area contributed by atoms with E-state index in [1.54, 1.807) is 0 Å². The standard InChI is InChI=1S/C6H10O2/c1-5-6(7)3-2-4-8-5/h5H,2-4H2,1H3/t5-/m1/s1. The smallest absolute Gasteiger partial charge is 0.161 e. The summed E-state index contributed by atoms with van der Waals surface area (Å²) in [4.78, 5) is 10.7. The first-order valence-corrected chi connectivity index (χ1v) is 2.95. The predicted octanol–water partition coefficient (Wildman–Crippen LogP) is 0.754. The quantitative estimate of drug-likeness (QED) is 0.464. The van der Waals surface area contributed by atoms with Crippen LogP contribution in [0, 0.1) is 0 Å². The second kappa shape index (κ2) is 2.27. The zero-order chi connectivity index (χ0) is 5.98. The summed E-state index contributed by atoms with van der Waals surface area (Å²) in [7, 11) is 0. The highest BCUT2D eigenvalue weighted by atomic mass is 16.5. The fraction of sp³-hybridized carbons (Fsp3) is 0.833. The topological polar surface area (TPSA) is 26.3 Å². The highest BCUT2D eigenvalue weighted by Gasteiger charge is 2.16. The first-order valence-electron chi connectivity index (χ1n) is 2.95. The van der Waals surface area contributed by atoms with E-state index in [-0.39, 0.29) is 11.9 Å². The van der Waals surface area contributed by atoms with Gasteiger partial charge in [0.1, 0.15) is 6.10 Å². The second-order valence-electron chi connectivity index (χ2n) is 2.08. The van der Waals surface area contributed by atoms with Gasteiger partial charge in [0.15, 0.2) is 5.78 Å². The number of hydrogen-bond acceptors (Lipinski definition) is 2. The van der Waals surface area contributed by atoms with Crippen molar-refractivity contribution < 1.29 is 9.53 Å². The molecule has 0 bridgehead atoms. The van der Waals surface area contributed by atoms with Gasteiger partial charge in [0.05, 0.1) is 0 Å². The fourth-order valence-electron chi connectivity index (χ4n) is 0.803. The molecule has 0 saturated carbocycles. The van der Waals surface area contributed by atoms with E-state index in [1.807, 2.05) is 6.92 Å². The molecule has 8 heavy (non-hydrogen) atoms. The van der Waals surface area contributed by atoms with Gasteiger partial charge in [-0.3, -0.25) is 4.79 Å². The van der Waals surface area contributed by atoms with Gasteiger partial charge in [-0.15, -0.1) is 0 Å². The lowest BCUT2D eigenvalue weighted by Gasteiger charge is -2.16. The number of ketones is 1. The Bertz CT molecular complexity index is 98.7. The first-order chi connectivity index (χ1) is 3.80. The number of rotatable bonds is 0. The molecule has 0 aromatic heterocycles. The summed E-state index contributed by atoms with van der Waals surface area (Å²) >= 11 is 0. The lowest BCUT2D eigenvalue weighted by molar-refractivity contribution is -0.134. The zero-order valence-electron chi connectivity index (χ0n) is 5.02. The van der Waals surface area contributed by atoms with Crippen molar-refractivity contribution in [1.29, 1.82) is 0 Å². The van der Waals surface area contributed by atoms with Gasteiger partial charge in [-0.25, -0.2) is 0 Å². The number of carbonyl (C=O) groups is 1. The molecule has 1 aliphatic rings. The number of carbonyl (C=O) groups excluding carboxylic acids is 1. The van der Waals surface area contributed by atoms with E-state index >= 15 is 0 Å². The molecular weight excluding hydrogens is 104 g/mol. The molecule has 1 saturated heterocycles. The molecule has 0 amide bonds. The van der Waals surface area contributed by atoms with Gasteiger partial charge in [-0.2, -0.15) is 0 Å². The van der Waals surface area contributed by atoms with Gasteiger partial charge in [0, 0.05) is 13.0 Å². The maximum Gasteiger partial charge on any atom is 0.161 e. The average Bonchev–Trinajstić information content (AvgIpc) is 1.77. The molecule has 0 spiro atoms. The van der Waals surface area contributed by atoms with E-state index in [0.717, 1.165) is 13.0 Å². The third-order valence-corrected chi connectivity index (χ3v) is 1.39. The average molecular weight is 114 g/mol. The maximum atomic E-state index is 10.7. The van der Waals surface area contributed by atoms with E-state index in [4.69, 9.17) is 4.74 Å². The molecule has 0 aromatic carbocycles. The van der Waals surface area contributed by atoms with Crippen LogP contribution in [0.4, 0.5) is 0 Å². The van der Waals surface area contributed by atoms with Crippen molar-refractivity contribution in [3.8, 4) is 0 Å². The van der Waals surface area contributed by atoms with Crippen molar-refractivity contribution in [3.05, 3.63) is 0 Å². The van der Waals surface area contributed by atoms with Crippen LogP contribution in [0.25, 0.3) is 0 Å². The normalized spacial score (nSPS) is 30.6. The van der Waals surface area contributed by atoms with Crippen LogP contribution in [-0.4, -0.2) is 18.5 Å². The minimum absolute atomic E-state index is 0.135. The van der Waals surface area contributed by atoms with Crippen LogP contribution >= 0.6 is 0 Å². The van der Waals surface area contributed by atoms with E-state index < -0.39 is 0 Å². The van der Waals surface area contributed by atoms with Crippen LogP contribution in [0.1, 0.15) is 19.8 Å². The maximum absolute atomic E-state index is 10.7. The molecule has 1 fully saturated rings. The number of Topliss-reactive ketones (excluding diaryl/α,β-unsaturated/α-hetero) is 1. The Kier molecular flexibility index (Phi) is 1.63. The van der Waals surface area contributed by atoms with Crippen molar-refractivity contribution in [3.63, 3.8) is 0 Å². The van der Waals surface area contributed by atoms with Gasteiger partial charge in [0.2, 0.25) is 0 Å². The Morgan fingerprint density at radius 2 is 2.50 bits per heavy atom. The Hall–Kier alpha value is -0.370. The molecule has 1 aliphatic heterocycles. The summed E-state index contributed by atoms with van der Waals surface area (Å²) in [5.74, 6) is 0.247. The third kappa shape index (κ3) is 1.07. The van der Waals surface area contributed by atoms with Gasteiger partial charge >= 0.3 is 0 Å². The summed E-state index contributed by atoms with van der Waals surface area (Å²) in [5, 5.41) is 0. The molecule has 0 N–H and O–H groups in total. The highest BCUT2D eigenvalue weighted by molar-refractivity contribution is 5.83. The third-order valence-electron chi connectivity index (χ3n) is 1.39. The van der Waals surface area contributed by atoms with Crippen molar-refractivity contribution in [2.75, 3.05) is 6.61 Å². The Morgan fingerprint density at radius 1 is 1.75 bits per heavy atom. The molecule has 0 aromatic rings. The molecule has 1 atom stereocenters. The largest absolute Gasteiger partial charge is 0.371 e. The van der Waals surface area contributed by atoms with Crippen molar-refractivity contribution in [2.45, 2.75) is 25.9 Å². The van der Waals surface area contributed by atoms with Crippen LogP contribution < -0.4 is 0 Å². The Labute approximate surface area is 48.8 Å². The summed E-state index contributed by atoms with van der Waals surface area (Å²) in [6.45, 7) is 2.56. The molecule has 46 valence electrons.